The molecule has 36 heavy (non-hydrogen) atoms. The van der Waals surface area contributed by atoms with Gasteiger partial charge in [0.1, 0.15) is 23.5 Å². The zero-order valence-corrected chi connectivity index (χ0v) is 19.7. The van der Waals surface area contributed by atoms with Crippen molar-refractivity contribution in [2.24, 2.45) is 5.73 Å². The van der Waals surface area contributed by atoms with Crippen LogP contribution in [0.4, 0.5) is 22.4 Å². The Bertz CT molecular complexity index is 1150. The molecule has 2 atom stereocenters. The highest BCUT2D eigenvalue weighted by Gasteiger charge is 2.43. The fraction of sp³-hybridized carbons (Fsp3) is 0.435. The summed E-state index contributed by atoms with van der Waals surface area (Å²) in [5.74, 6) is -1.67. The number of pyridine rings is 2. The summed E-state index contributed by atoms with van der Waals surface area (Å²) >= 11 is 0. The van der Waals surface area contributed by atoms with Crippen LogP contribution in [0.5, 0.6) is 0 Å². The van der Waals surface area contributed by atoms with Crippen LogP contribution in [0.15, 0.2) is 30.6 Å². The Morgan fingerprint density at radius 3 is 2.42 bits per heavy atom. The summed E-state index contributed by atoms with van der Waals surface area (Å²) in [5, 5.41) is 2.49. The molecule has 2 aromatic rings. The number of primary amides is 1. The highest BCUT2D eigenvalue weighted by molar-refractivity contribution is 5.94. The van der Waals surface area contributed by atoms with Gasteiger partial charge in [0, 0.05) is 31.0 Å². The molecule has 0 spiro atoms. The lowest BCUT2D eigenvalue weighted by Gasteiger charge is -2.28. The van der Waals surface area contributed by atoms with E-state index >= 15 is 0 Å². The molecule has 3 amide bonds. The zero-order chi connectivity index (χ0) is 26.8. The molecule has 2 aromatic heterocycles. The van der Waals surface area contributed by atoms with Crippen molar-refractivity contribution < 1.29 is 36.7 Å². The van der Waals surface area contributed by atoms with Crippen molar-refractivity contribution in [3.05, 3.63) is 47.4 Å². The van der Waals surface area contributed by atoms with Gasteiger partial charge >= 0.3 is 12.3 Å². The van der Waals surface area contributed by atoms with Crippen LogP contribution in [-0.2, 0) is 22.3 Å². The first-order valence-corrected chi connectivity index (χ1v) is 10.9. The van der Waals surface area contributed by atoms with Crippen LogP contribution >= 0.6 is 0 Å². The maximum Gasteiger partial charge on any atom is 0.433 e. The molecule has 194 valence electrons. The van der Waals surface area contributed by atoms with Gasteiger partial charge in [-0.05, 0) is 51.0 Å². The van der Waals surface area contributed by atoms with Gasteiger partial charge in [-0.1, -0.05) is 0 Å². The number of nitrogens with zero attached hydrogens (tertiary/aromatic N) is 3. The fourth-order valence-corrected chi connectivity index (χ4v) is 3.61. The van der Waals surface area contributed by atoms with Crippen LogP contribution in [-0.4, -0.2) is 57.1 Å². The highest BCUT2D eigenvalue weighted by Crippen LogP contribution is 2.29. The zero-order valence-electron chi connectivity index (χ0n) is 19.7. The Balaban J connectivity index is 1.80. The molecule has 0 aromatic carbocycles. The topological polar surface area (TPSA) is 128 Å². The van der Waals surface area contributed by atoms with E-state index in [9.17, 15) is 31.9 Å². The van der Waals surface area contributed by atoms with E-state index in [0.717, 1.165) is 29.4 Å². The van der Waals surface area contributed by atoms with E-state index in [1.807, 2.05) is 0 Å². The molecule has 3 N–H and O–H groups in total. The van der Waals surface area contributed by atoms with Gasteiger partial charge in [-0.15, -0.1) is 0 Å². The van der Waals surface area contributed by atoms with Crippen LogP contribution in [0.2, 0.25) is 0 Å². The van der Waals surface area contributed by atoms with Crippen LogP contribution in [0.25, 0.3) is 11.3 Å². The molecule has 3 heterocycles. The molecule has 0 saturated carbocycles. The molecule has 1 aliphatic rings. The van der Waals surface area contributed by atoms with Crippen LogP contribution < -0.4 is 11.1 Å². The van der Waals surface area contributed by atoms with E-state index in [1.165, 1.54) is 6.07 Å². The molecule has 1 aliphatic heterocycles. The van der Waals surface area contributed by atoms with Gasteiger partial charge < -0.3 is 15.8 Å². The number of carbonyl (C=O) groups excluding carboxylic acids is 3. The van der Waals surface area contributed by atoms with Gasteiger partial charge in [0.2, 0.25) is 5.91 Å². The second kappa shape index (κ2) is 10.1. The van der Waals surface area contributed by atoms with Crippen LogP contribution in [0, 0.1) is 0 Å². The van der Waals surface area contributed by atoms with E-state index < -0.39 is 47.6 Å². The number of likely N-dealkylation sites (tertiary alicyclic amines) is 1. The number of alkyl halides is 4. The molecule has 13 heteroatoms. The second-order valence-corrected chi connectivity index (χ2v) is 9.16. The monoisotopic (exact) mass is 511 g/mol. The average Bonchev–Trinajstić information content (AvgIpc) is 3.17. The maximum absolute atomic E-state index is 14.5. The van der Waals surface area contributed by atoms with Gasteiger partial charge in [0.15, 0.2) is 0 Å². The first kappa shape index (κ1) is 26.8. The smallest absolute Gasteiger partial charge is 0.433 e. The molecule has 2 unspecified atom stereocenters. The summed E-state index contributed by atoms with van der Waals surface area (Å²) in [5.41, 5.74) is 3.99. The lowest BCUT2D eigenvalue weighted by molar-refractivity contribution is -0.141. The van der Waals surface area contributed by atoms with E-state index in [4.69, 9.17) is 10.5 Å². The minimum Gasteiger partial charge on any atom is -0.444 e. The summed E-state index contributed by atoms with van der Waals surface area (Å²) in [7, 11) is 0. The highest BCUT2D eigenvalue weighted by atomic mass is 19.4. The summed E-state index contributed by atoms with van der Waals surface area (Å²) in [6.07, 6.45) is -5.02. The number of nitrogens with two attached hydrogens (primary N) is 1. The number of hydrogen-bond donors (Lipinski definition) is 2. The number of amides is 3. The number of ether oxygens (including phenoxy) is 1. The number of rotatable bonds is 5. The SMILES string of the molecule is CC(C)(C)OC(=O)N1CCC(F)C1C(=O)NCc1cc(-c2ccc(C(F)(F)F)nc2)ncc1C(N)=O. The molecular weight excluding hydrogens is 486 g/mol. The molecule has 9 nitrogen and oxygen atoms in total. The lowest BCUT2D eigenvalue weighted by atomic mass is 10.0. The third kappa shape index (κ3) is 6.26. The van der Waals surface area contributed by atoms with Crippen molar-refractivity contribution in [2.75, 3.05) is 6.54 Å². The minimum absolute atomic E-state index is 0.0129. The summed E-state index contributed by atoms with van der Waals surface area (Å²) in [6.45, 7) is 4.62. The van der Waals surface area contributed by atoms with Crippen LogP contribution in [0.1, 0.15) is 48.8 Å². The third-order valence-electron chi connectivity index (χ3n) is 5.28. The number of nitrogens with one attached hydrogen (secondary N) is 1. The number of halogens is 4. The van der Waals surface area contributed by atoms with E-state index in [-0.39, 0.29) is 41.9 Å². The van der Waals surface area contributed by atoms with Gasteiger partial charge in [-0.2, -0.15) is 13.2 Å². The Labute approximate surface area is 204 Å². The van der Waals surface area contributed by atoms with Crippen molar-refractivity contribution in [2.45, 2.75) is 57.7 Å². The minimum atomic E-state index is -4.61. The predicted octanol–water partition coefficient (Wildman–Crippen LogP) is 3.23. The largest absolute Gasteiger partial charge is 0.444 e. The lowest BCUT2D eigenvalue weighted by Crippen LogP contribution is -2.50. The first-order chi connectivity index (χ1) is 16.7. The standard InChI is InChI=1S/C23H25F4N5O4/c1-22(2,3)36-21(35)32-7-6-15(24)18(32)20(34)31-10-13-8-16(29-11-14(13)19(28)33)12-4-5-17(30-9-12)23(25,26)27/h4-5,8-9,11,15,18H,6-7,10H2,1-3H3,(H2,28,33)(H,31,34). The van der Waals surface area contributed by atoms with E-state index in [0.29, 0.717) is 0 Å². The molecular formula is C23H25F4N5O4. The Morgan fingerprint density at radius 2 is 1.86 bits per heavy atom. The van der Waals surface area contributed by atoms with Gasteiger partial charge in [0.25, 0.3) is 5.91 Å². The summed E-state index contributed by atoms with van der Waals surface area (Å²) < 4.78 is 58.2. The molecule has 0 aliphatic carbocycles. The quantitative estimate of drug-likeness (QED) is 0.594. The second-order valence-electron chi connectivity index (χ2n) is 9.16. The van der Waals surface area contributed by atoms with Crippen molar-refractivity contribution in [1.82, 2.24) is 20.2 Å². The van der Waals surface area contributed by atoms with E-state index in [2.05, 4.69) is 15.3 Å². The molecule has 0 radical (unpaired) electrons. The number of hydrogen-bond acceptors (Lipinski definition) is 6. The van der Waals surface area contributed by atoms with Gasteiger partial charge in [0.05, 0.1) is 11.3 Å². The molecule has 0 bridgehead atoms. The van der Waals surface area contributed by atoms with Crippen LogP contribution in [0.3, 0.4) is 0 Å². The first-order valence-electron chi connectivity index (χ1n) is 10.9. The van der Waals surface area contributed by atoms with E-state index in [1.54, 1.807) is 20.8 Å². The van der Waals surface area contributed by atoms with Crippen molar-refractivity contribution in [3.63, 3.8) is 0 Å². The summed E-state index contributed by atoms with van der Waals surface area (Å²) in [6, 6.07) is 1.87. The summed E-state index contributed by atoms with van der Waals surface area (Å²) in [4.78, 5) is 45.6. The van der Waals surface area contributed by atoms with Gasteiger partial charge in [-0.3, -0.25) is 24.5 Å². The fourth-order valence-electron chi connectivity index (χ4n) is 3.61. The average molecular weight is 511 g/mol. The molecule has 3 rings (SSSR count). The third-order valence-corrected chi connectivity index (χ3v) is 5.28. The van der Waals surface area contributed by atoms with Gasteiger partial charge in [-0.25, -0.2) is 9.18 Å². The molecule has 1 saturated heterocycles. The molecule has 1 fully saturated rings. The van der Waals surface area contributed by atoms with Crippen molar-refractivity contribution in [3.8, 4) is 11.3 Å². The number of carbonyl (C=O) groups is 3. The van der Waals surface area contributed by atoms with Crippen molar-refractivity contribution >= 4 is 17.9 Å². The normalized spacial score (nSPS) is 18.1. The van der Waals surface area contributed by atoms with Crippen molar-refractivity contribution in [1.29, 1.82) is 0 Å². The maximum atomic E-state index is 14.5. The predicted molar refractivity (Wildman–Crippen MR) is 119 cm³/mol. The Kier molecular flexibility index (Phi) is 7.51. The number of aromatic nitrogens is 2. The Morgan fingerprint density at radius 1 is 1.17 bits per heavy atom. The Hall–Kier alpha value is -3.77.